The Bertz CT molecular complexity index is 519. The third kappa shape index (κ3) is 3.17. The van der Waals surface area contributed by atoms with Crippen LogP contribution in [0.5, 0.6) is 0 Å². The van der Waals surface area contributed by atoms with Gasteiger partial charge in [-0.3, -0.25) is 0 Å². The van der Waals surface area contributed by atoms with Crippen LogP contribution in [0.1, 0.15) is 23.2 Å². The number of halogens is 4. The Morgan fingerprint density at radius 2 is 2.10 bits per heavy atom. The van der Waals surface area contributed by atoms with E-state index in [0.29, 0.717) is 18.7 Å². The van der Waals surface area contributed by atoms with Gasteiger partial charge in [0, 0.05) is 18.8 Å². The summed E-state index contributed by atoms with van der Waals surface area (Å²) in [7, 11) is 0. The Balaban J connectivity index is 2.19. The number of piperidine rings is 1. The highest BCUT2D eigenvalue weighted by Crippen LogP contribution is 2.35. The first-order valence-corrected chi connectivity index (χ1v) is 6.51. The fourth-order valence-corrected chi connectivity index (χ4v) is 2.61. The smallest absolute Gasteiger partial charge is 0.393 e. The summed E-state index contributed by atoms with van der Waals surface area (Å²) in [5.41, 5.74) is 0.466. The number of anilines is 1. The van der Waals surface area contributed by atoms with Crippen LogP contribution in [0.4, 0.5) is 18.9 Å². The van der Waals surface area contributed by atoms with Crippen molar-refractivity contribution in [2.75, 3.05) is 18.0 Å². The standard InChI is InChI=1S/C13H13ClF3NO2/c14-11-6-9(3-4-10(11)12(19)20)18-5-1-2-8(7-18)13(15,16)17/h3-4,6,8H,1-2,5,7H2,(H,19,20). The van der Waals surface area contributed by atoms with Crippen LogP contribution in [-0.2, 0) is 0 Å². The van der Waals surface area contributed by atoms with Crippen molar-refractivity contribution >= 4 is 23.3 Å². The first kappa shape index (κ1) is 15.0. The van der Waals surface area contributed by atoms with Crippen molar-refractivity contribution in [3.63, 3.8) is 0 Å². The van der Waals surface area contributed by atoms with Crippen molar-refractivity contribution in [3.8, 4) is 0 Å². The van der Waals surface area contributed by atoms with Crippen LogP contribution in [0, 0.1) is 5.92 Å². The third-order valence-corrected chi connectivity index (χ3v) is 3.75. The van der Waals surface area contributed by atoms with Crippen LogP contribution in [0.25, 0.3) is 0 Å². The molecule has 0 saturated carbocycles. The molecule has 0 amide bonds. The van der Waals surface area contributed by atoms with E-state index in [2.05, 4.69) is 0 Å². The SMILES string of the molecule is O=C(O)c1ccc(N2CCCC(C(F)(F)F)C2)cc1Cl. The molecule has 1 aromatic rings. The minimum Gasteiger partial charge on any atom is -0.478 e. The molecule has 2 rings (SSSR count). The molecule has 20 heavy (non-hydrogen) atoms. The summed E-state index contributed by atoms with van der Waals surface area (Å²) in [5, 5.41) is 8.90. The fourth-order valence-electron chi connectivity index (χ4n) is 2.35. The lowest BCUT2D eigenvalue weighted by Crippen LogP contribution is -2.41. The molecule has 0 spiro atoms. The number of hydrogen-bond acceptors (Lipinski definition) is 2. The van der Waals surface area contributed by atoms with Crippen molar-refractivity contribution in [1.82, 2.24) is 0 Å². The van der Waals surface area contributed by atoms with Crippen LogP contribution in [0.15, 0.2) is 18.2 Å². The van der Waals surface area contributed by atoms with E-state index < -0.39 is 18.1 Å². The predicted molar refractivity (Wildman–Crippen MR) is 69.4 cm³/mol. The van der Waals surface area contributed by atoms with Gasteiger partial charge in [0.05, 0.1) is 16.5 Å². The summed E-state index contributed by atoms with van der Waals surface area (Å²) in [6, 6.07) is 4.22. The lowest BCUT2D eigenvalue weighted by atomic mass is 9.97. The predicted octanol–water partition coefficient (Wildman–Crippen LogP) is 3.82. The highest BCUT2D eigenvalue weighted by molar-refractivity contribution is 6.33. The Labute approximate surface area is 118 Å². The minimum atomic E-state index is -4.20. The molecule has 110 valence electrons. The van der Waals surface area contributed by atoms with Gasteiger partial charge in [-0.1, -0.05) is 11.6 Å². The molecular formula is C13H13ClF3NO2. The van der Waals surface area contributed by atoms with Gasteiger partial charge >= 0.3 is 12.1 Å². The van der Waals surface area contributed by atoms with Gasteiger partial charge < -0.3 is 10.0 Å². The van der Waals surface area contributed by atoms with Crippen LogP contribution in [0.3, 0.4) is 0 Å². The van der Waals surface area contributed by atoms with Gasteiger partial charge in [-0.15, -0.1) is 0 Å². The number of aromatic carboxylic acids is 1. The normalized spacial score (nSPS) is 20.0. The average Bonchev–Trinajstić information content (AvgIpc) is 2.37. The molecule has 0 radical (unpaired) electrons. The first-order valence-electron chi connectivity index (χ1n) is 6.13. The Morgan fingerprint density at radius 1 is 1.40 bits per heavy atom. The number of nitrogens with zero attached hydrogens (tertiary/aromatic N) is 1. The number of carbonyl (C=O) groups is 1. The topological polar surface area (TPSA) is 40.5 Å². The van der Waals surface area contributed by atoms with Gasteiger partial charge in [-0.2, -0.15) is 13.2 Å². The van der Waals surface area contributed by atoms with Gasteiger partial charge in [0.2, 0.25) is 0 Å². The quantitative estimate of drug-likeness (QED) is 0.903. The second-order valence-electron chi connectivity index (χ2n) is 4.80. The molecule has 1 atom stereocenters. The maximum atomic E-state index is 12.7. The number of benzene rings is 1. The number of alkyl halides is 3. The molecule has 3 nitrogen and oxygen atoms in total. The summed E-state index contributed by atoms with van der Waals surface area (Å²) in [6.07, 6.45) is -3.63. The van der Waals surface area contributed by atoms with Crippen molar-refractivity contribution < 1.29 is 23.1 Å². The largest absolute Gasteiger partial charge is 0.478 e. The summed E-state index contributed by atoms with van der Waals surface area (Å²) < 4.78 is 38.2. The average molecular weight is 308 g/mol. The highest BCUT2D eigenvalue weighted by Gasteiger charge is 2.41. The molecule has 1 heterocycles. The van der Waals surface area contributed by atoms with Crippen molar-refractivity contribution in [3.05, 3.63) is 28.8 Å². The van der Waals surface area contributed by atoms with E-state index in [-0.39, 0.29) is 23.6 Å². The van der Waals surface area contributed by atoms with Crippen molar-refractivity contribution in [1.29, 1.82) is 0 Å². The lowest BCUT2D eigenvalue weighted by molar-refractivity contribution is -0.175. The zero-order valence-electron chi connectivity index (χ0n) is 10.5. The van der Waals surface area contributed by atoms with Crippen LogP contribution >= 0.6 is 11.6 Å². The second kappa shape index (κ2) is 5.52. The van der Waals surface area contributed by atoms with E-state index in [0.717, 1.165) is 0 Å². The van der Waals surface area contributed by atoms with Gasteiger partial charge in [0.25, 0.3) is 0 Å². The molecule has 0 aromatic heterocycles. The molecule has 0 bridgehead atoms. The summed E-state index contributed by atoms with van der Waals surface area (Å²) in [6.45, 7) is 0.390. The summed E-state index contributed by atoms with van der Waals surface area (Å²) >= 11 is 5.84. The van der Waals surface area contributed by atoms with E-state index in [1.54, 1.807) is 4.90 Å². The van der Waals surface area contributed by atoms with Crippen LogP contribution in [0.2, 0.25) is 5.02 Å². The van der Waals surface area contributed by atoms with Crippen molar-refractivity contribution in [2.24, 2.45) is 5.92 Å². The molecule has 1 unspecified atom stereocenters. The molecule has 1 aromatic carbocycles. The molecule has 1 aliphatic heterocycles. The van der Waals surface area contributed by atoms with E-state index in [9.17, 15) is 18.0 Å². The summed E-state index contributed by atoms with van der Waals surface area (Å²) in [5.74, 6) is -2.51. The Kier molecular flexibility index (Phi) is 4.13. The van der Waals surface area contributed by atoms with E-state index in [4.69, 9.17) is 16.7 Å². The fraction of sp³-hybridized carbons (Fsp3) is 0.462. The number of hydrogen-bond donors (Lipinski definition) is 1. The molecule has 1 saturated heterocycles. The van der Waals surface area contributed by atoms with Gasteiger partial charge in [0.15, 0.2) is 0 Å². The monoisotopic (exact) mass is 307 g/mol. The van der Waals surface area contributed by atoms with Gasteiger partial charge in [-0.05, 0) is 31.0 Å². The third-order valence-electron chi connectivity index (χ3n) is 3.43. The molecular weight excluding hydrogens is 295 g/mol. The van der Waals surface area contributed by atoms with E-state index in [1.165, 1.54) is 18.2 Å². The molecule has 1 N–H and O–H groups in total. The first-order chi connectivity index (χ1) is 9.29. The zero-order valence-corrected chi connectivity index (χ0v) is 11.2. The van der Waals surface area contributed by atoms with Gasteiger partial charge in [-0.25, -0.2) is 4.79 Å². The maximum Gasteiger partial charge on any atom is 0.393 e. The van der Waals surface area contributed by atoms with Crippen LogP contribution < -0.4 is 4.90 Å². The summed E-state index contributed by atoms with van der Waals surface area (Å²) in [4.78, 5) is 12.4. The lowest BCUT2D eigenvalue weighted by Gasteiger charge is -2.35. The zero-order chi connectivity index (χ0) is 14.9. The number of carboxylic acids is 1. The molecule has 1 aliphatic rings. The number of rotatable bonds is 2. The Hall–Kier alpha value is -1.43. The van der Waals surface area contributed by atoms with E-state index in [1.807, 2.05) is 0 Å². The Morgan fingerprint density at radius 3 is 2.65 bits per heavy atom. The molecule has 7 heteroatoms. The van der Waals surface area contributed by atoms with Crippen LogP contribution in [-0.4, -0.2) is 30.3 Å². The molecule has 0 aliphatic carbocycles. The molecule has 1 fully saturated rings. The second-order valence-corrected chi connectivity index (χ2v) is 5.20. The van der Waals surface area contributed by atoms with Gasteiger partial charge in [0.1, 0.15) is 0 Å². The van der Waals surface area contributed by atoms with Crippen molar-refractivity contribution in [2.45, 2.75) is 19.0 Å². The minimum absolute atomic E-state index is 0.0316. The highest BCUT2D eigenvalue weighted by atomic mass is 35.5. The number of carboxylic acid groups (broad SMARTS) is 1. The van der Waals surface area contributed by atoms with E-state index >= 15 is 0 Å². The maximum absolute atomic E-state index is 12.7.